The summed E-state index contributed by atoms with van der Waals surface area (Å²) in [6.07, 6.45) is 2.51. The van der Waals surface area contributed by atoms with Gasteiger partial charge in [0.25, 0.3) is 0 Å². The summed E-state index contributed by atoms with van der Waals surface area (Å²) in [5, 5.41) is 13.6. The van der Waals surface area contributed by atoms with Gasteiger partial charge in [0.15, 0.2) is 0 Å². The fourth-order valence-electron chi connectivity index (χ4n) is 1.46. The molecule has 1 N–H and O–H groups in total. The summed E-state index contributed by atoms with van der Waals surface area (Å²) >= 11 is 0. The summed E-state index contributed by atoms with van der Waals surface area (Å²) in [6.45, 7) is 4.49. The molecule has 0 fully saturated rings. The highest BCUT2D eigenvalue weighted by Gasteiger charge is 2.10. The van der Waals surface area contributed by atoms with E-state index >= 15 is 0 Å². The van der Waals surface area contributed by atoms with E-state index < -0.39 is 6.10 Å². The van der Waals surface area contributed by atoms with Crippen molar-refractivity contribution in [2.45, 2.75) is 38.8 Å². The van der Waals surface area contributed by atoms with Crippen LogP contribution in [0.25, 0.3) is 0 Å². The Kier molecular flexibility index (Phi) is 4.71. The number of hydrogen-bond acceptors (Lipinski definition) is 4. The molecule has 0 aliphatic rings. The maximum atomic E-state index is 9.50. The van der Waals surface area contributed by atoms with E-state index in [9.17, 15) is 5.11 Å². The summed E-state index contributed by atoms with van der Waals surface area (Å²) in [4.78, 5) is 4.17. The van der Waals surface area contributed by atoms with Gasteiger partial charge in [0.05, 0.1) is 12.7 Å². The Morgan fingerprint density at radius 2 is 2.27 bits per heavy atom. The molecular formula is C10H19N3O2. The highest BCUT2D eigenvalue weighted by atomic mass is 16.5. The minimum atomic E-state index is -0.424. The molecule has 0 saturated heterocycles. The van der Waals surface area contributed by atoms with E-state index in [1.165, 1.54) is 0 Å². The van der Waals surface area contributed by atoms with Crippen LogP contribution in [-0.4, -0.2) is 39.7 Å². The molecule has 0 saturated carbocycles. The summed E-state index contributed by atoms with van der Waals surface area (Å²) < 4.78 is 6.73. The van der Waals surface area contributed by atoms with E-state index in [1.807, 2.05) is 4.68 Å². The number of methoxy groups -OCH3 is 1. The molecule has 1 heterocycles. The molecule has 1 unspecified atom stereocenters. The number of aliphatic hydroxyl groups is 1. The molecule has 0 aromatic carbocycles. The molecule has 0 amide bonds. The lowest BCUT2D eigenvalue weighted by atomic mass is 10.2. The van der Waals surface area contributed by atoms with Gasteiger partial charge in [0.1, 0.15) is 12.2 Å². The lowest BCUT2D eigenvalue weighted by Crippen LogP contribution is -2.17. The quantitative estimate of drug-likeness (QED) is 0.759. The van der Waals surface area contributed by atoms with Crippen molar-refractivity contribution in [2.24, 2.45) is 0 Å². The number of rotatable bonds is 6. The standard InChI is InChI=1S/C10H19N3O2/c1-8(2)13-10(11-7-12-13)5-4-9(14)6-15-3/h7-9,14H,4-6H2,1-3H3. The first-order valence-electron chi connectivity index (χ1n) is 5.20. The number of hydrogen-bond donors (Lipinski definition) is 1. The van der Waals surface area contributed by atoms with E-state index in [2.05, 4.69) is 23.9 Å². The van der Waals surface area contributed by atoms with Crippen LogP contribution < -0.4 is 0 Å². The molecule has 1 rings (SSSR count). The van der Waals surface area contributed by atoms with Gasteiger partial charge in [-0.05, 0) is 20.3 Å². The molecule has 1 aromatic rings. The van der Waals surface area contributed by atoms with Crippen molar-refractivity contribution in [2.75, 3.05) is 13.7 Å². The Hall–Kier alpha value is -0.940. The number of aromatic nitrogens is 3. The van der Waals surface area contributed by atoms with E-state index in [0.29, 0.717) is 19.1 Å². The van der Waals surface area contributed by atoms with Crippen LogP contribution in [-0.2, 0) is 11.2 Å². The molecule has 0 aliphatic heterocycles. The third-order valence-electron chi connectivity index (χ3n) is 2.20. The highest BCUT2D eigenvalue weighted by Crippen LogP contribution is 2.08. The summed E-state index contributed by atoms with van der Waals surface area (Å²) in [5.41, 5.74) is 0. The van der Waals surface area contributed by atoms with Gasteiger partial charge in [-0.3, -0.25) is 0 Å². The number of ether oxygens (including phenoxy) is 1. The van der Waals surface area contributed by atoms with Crippen molar-refractivity contribution in [3.05, 3.63) is 12.2 Å². The van der Waals surface area contributed by atoms with E-state index in [0.717, 1.165) is 12.2 Å². The predicted octanol–water partition coefficient (Wildman–Crippen LogP) is 0.799. The van der Waals surface area contributed by atoms with Crippen molar-refractivity contribution in [3.63, 3.8) is 0 Å². The Bertz CT molecular complexity index is 286. The molecule has 15 heavy (non-hydrogen) atoms. The topological polar surface area (TPSA) is 60.2 Å². The van der Waals surface area contributed by atoms with Crippen LogP contribution in [0.3, 0.4) is 0 Å². The van der Waals surface area contributed by atoms with Crippen LogP contribution in [0.5, 0.6) is 0 Å². The first-order chi connectivity index (χ1) is 7.15. The number of aryl methyl sites for hydroxylation is 1. The van der Waals surface area contributed by atoms with Crippen LogP contribution >= 0.6 is 0 Å². The molecule has 5 nitrogen and oxygen atoms in total. The second kappa shape index (κ2) is 5.82. The predicted molar refractivity (Wildman–Crippen MR) is 56.6 cm³/mol. The van der Waals surface area contributed by atoms with Gasteiger partial charge in [-0.15, -0.1) is 0 Å². The van der Waals surface area contributed by atoms with Gasteiger partial charge in [-0.25, -0.2) is 9.67 Å². The molecule has 0 bridgehead atoms. The van der Waals surface area contributed by atoms with E-state index in [1.54, 1.807) is 13.4 Å². The second-order valence-corrected chi connectivity index (χ2v) is 3.86. The average molecular weight is 213 g/mol. The molecule has 5 heteroatoms. The molecule has 0 spiro atoms. The van der Waals surface area contributed by atoms with E-state index in [4.69, 9.17) is 4.74 Å². The Morgan fingerprint density at radius 1 is 1.53 bits per heavy atom. The molecule has 0 aliphatic carbocycles. The molecule has 86 valence electrons. The number of aliphatic hydroxyl groups excluding tert-OH is 1. The lowest BCUT2D eigenvalue weighted by Gasteiger charge is -2.11. The van der Waals surface area contributed by atoms with Crippen LogP contribution in [0.2, 0.25) is 0 Å². The lowest BCUT2D eigenvalue weighted by molar-refractivity contribution is 0.0590. The highest BCUT2D eigenvalue weighted by molar-refractivity contribution is 4.87. The van der Waals surface area contributed by atoms with Gasteiger partial charge >= 0.3 is 0 Å². The largest absolute Gasteiger partial charge is 0.391 e. The van der Waals surface area contributed by atoms with Crippen molar-refractivity contribution in [1.82, 2.24) is 14.8 Å². The zero-order valence-corrected chi connectivity index (χ0v) is 9.55. The normalized spacial score (nSPS) is 13.4. The minimum Gasteiger partial charge on any atom is -0.391 e. The van der Waals surface area contributed by atoms with Gasteiger partial charge in [-0.1, -0.05) is 0 Å². The smallest absolute Gasteiger partial charge is 0.138 e. The summed E-state index contributed by atoms with van der Waals surface area (Å²) in [5.74, 6) is 0.917. The minimum absolute atomic E-state index is 0.307. The van der Waals surface area contributed by atoms with Crippen molar-refractivity contribution in [3.8, 4) is 0 Å². The van der Waals surface area contributed by atoms with Crippen LogP contribution in [0.4, 0.5) is 0 Å². The van der Waals surface area contributed by atoms with Crippen LogP contribution in [0.1, 0.15) is 32.1 Å². The second-order valence-electron chi connectivity index (χ2n) is 3.86. The fourth-order valence-corrected chi connectivity index (χ4v) is 1.46. The Balaban J connectivity index is 2.46. The zero-order valence-electron chi connectivity index (χ0n) is 9.55. The van der Waals surface area contributed by atoms with E-state index in [-0.39, 0.29) is 0 Å². The van der Waals surface area contributed by atoms with Crippen LogP contribution in [0.15, 0.2) is 6.33 Å². The van der Waals surface area contributed by atoms with Gasteiger partial charge < -0.3 is 9.84 Å². The molecule has 0 radical (unpaired) electrons. The maximum Gasteiger partial charge on any atom is 0.138 e. The third kappa shape index (κ3) is 3.60. The Labute approximate surface area is 90.1 Å². The molecule has 1 atom stereocenters. The van der Waals surface area contributed by atoms with Crippen LogP contribution in [0, 0.1) is 0 Å². The van der Waals surface area contributed by atoms with Crippen molar-refractivity contribution in [1.29, 1.82) is 0 Å². The number of nitrogens with zero attached hydrogens (tertiary/aromatic N) is 3. The summed E-state index contributed by atoms with van der Waals surface area (Å²) in [6, 6.07) is 0.307. The van der Waals surface area contributed by atoms with Crippen molar-refractivity contribution < 1.29 is 9.84 Å². The van der Waals surface area contributed by atoms with Gasteiger partial charge in [-0.2, -0.15) is 5.10 Å². The molecular weight excluding hydrogens is 194 g/mol. The van der Waals surface area contributed by atoms with Gasteiger partial charge in [0.2, 0.25) is 0 Å². The fraction of sp³-hybridized carbons (Fsp3) is 0.800. The monoisotopic (exact) mass is 213 g/mol. The zero-order chi connectivity index (χ0) is 11.3. The average Bonchev–Trinajstić information content (AvgIpc) is 2.63. The maximum absolute atomic E-state index is 9.50. The third-order valence-corrected chi connectivity index (χ3v) is 2.20. The molecule has 1 aromatic heterocycles. The van der Waals surface area contributed by atoms with Crippen molar-refractivity contribution >= 4 is 0 Å². The van der Waals surface area contributed by atoms with Gasteiger partial charge in [0, 0.05) is 19.6 Å². The first kappa shape index (κ1) is 12.1. The summed E-state index contributed by atoms with van der Waals surface area (Å²) in [7, 11) is 1.58. The first-order valence-corrected chi connectivity index (χ1v) is 5.20. The Morgan fingerprint density at radius 3 is 2.87 bits per heavy atom. The SMILES string of the molecule is COCC(O)CCc1ncnn1C(C)C.